The Morgan fingerprint density at radius 3 is 2.48 bits per heavy atom. The molecule has 0 aliphatic heterocycles. The lowest BCUT2D eigenvalue weighted by molar-refractivity contribution is -0.122. The fourth-order valence-corrected chi connectivity index (χ4v) is 2.35. The third-order valence-corrected chi connectivity index (χ3v) is 3.75. The maximum absolute atomic E-state index is 11.9. The van der Waals surface area contributed by atoms with Crippen molar-refractivity contribution in [2.45, 2.75) is 64.3 Å². The predicted octanol–water partition coefficient (Wildman–Crippen LogP) is 3.42. The van der Waals surface area contributed by atoms with E-state index in [2.05, 4.69) is 24.4 Å². The molecule has 0 bridgehead atoms. The van der Waals surface area contributed by atoms with Crippen LogP contribution in [-0.2, 0) is 11.2 Å². The molecule has 0 saturated heterocycles. The number of benzene rings is 1. The number of carbonyl (C=O) groups is 1. The second-order valence-electron chi connectivity index (χ2n) is 5.69. The Balaban J connectivity index is 2.06. The van der Waals surface area contributed by atoms with E-state index in [9.17, 15) is 4.79 Å². The minimum atomic E-state index is -0.398. The molecule has 0 aliphatic rings. The van der Waals surface area contributed by atoms with Gasteiger partial charge in [-0.05, 0) is 24.8 Å². The van der Waals surface area contributed by atoms with E-state index in [1.807, 2.05) is 18.2 Å². The van der Waals surface area contributed by atoms with Gasteiger partial charge >= 0.3 is 0 Å². The van der Waals surface area contributed by atoms with Crippen molar-refractivity contribution in [1.82, 2.24) is 5.32 Å². The van der Waals surface area contributed by atoms with Crippen molar-refractivity contribution in [3.05, 3.63) is 35.9 Å². The number of nitrogens with two attached hydrogens (primary N) is 1. The molecule has 3 N–H and O–H groups in total. The summed E-state index contributed by atoms with van der Waals surface area (Å²) in [7, 11) is 0. The van der Waals surface area contributed by atoms with Crippen molar-refractivity contribution < 1.29 is 4.79 Å². The summed E-state index contributed by atoms with van der Waals surface area (Å²) in [4.78, 5) is 11.9. The van der Waals surface area contributed by atoms with Gasteiger partial charge in [0.25, 0.3) is 0 Å². The molecule has 0 radical (unpaired) electrons. The maximum Gasteiger partial charge on any atom is 0.236 e. The van der Waals surface area contributed by atoms with Gasteiger partial charge in [-0.2, -0.15) is 0 Å². The van der Waals surface area contributed by atoms with Crippen LogP contribution in [0.3, 0.4) is 0 Å². The Hall–Kier alpha value is -1.35. The Morgan fingerprint density at radius 1 is 1.10 bits per heavy atom. The van der Waals surface area contributed by atoms with E-state index in [-0.39, 0.29) is 5.91 Å². The molecular weight excluding hydrogens is 260 g/mol. The lowest BCUT2D eigenvalue weighted by Gasteiger charge is -2.12. The van der Waals surface area contributed by atoms with Crippen molar-refractivity contribution in [1.29, 1.82) is 0 Å². The third kappa shape index (κ3) is 8.51. The fourth-order valence-electron chi connectivity index (χ4n) is 2.35. The van der Waals surface area contributed by atoms with E-state index in [1.165, 1.54) is 37.7 Å². The highest BCUT2D eigenvalue weighted by atomic mass is 16.2. The number of nitrogens with one attached hydrogen (secondary N) is 1. The van der Waals surface area contributed by atoms with E-state index < -0.39 is 6.04 Å². The van der Waals surface area contributed by atoms with Crippen molar-refractivity contribution in [3.8, 4) is 0 Å². The molecule has 3 nitrogen and oxygen atoms in total. The molecule has 0 aromatic heterocycles. The van der Waals surface area contributed by atoms with Crippen LogP contribution in [0.25, 0.3) is 0 Å². The van der Waals surface area contributed by atoms with Crippen LogP contribution < -0.4 is 11.1 Å². The normalized spacial score (nSPS) is 12.1. The zero-order chi connectivity index (χ0) is 15.3. The summed E-state index contributed by atoms with van der Waals surface area (Å²) in [5.74, 6) is -0.0144. The zero-order valence-corrected chi connectivity index (χ0v) is 13.3. The van der Waals surface area contributed by atoms with Gasteiger partial charge in [0.1, 0.15) is 0 Å². The molecule has 0 spiro atoms. The molecule has 0 fully saturated rings. The Labute approximate surface area is 129 Å². The van der Waals surface area contributed by atoms with Crippen molar-refractivity contribution >= 4 is 5.91 Å². The van der Waals surface area contributed by atoms with Gasteiger partial charge in [-0.15, -0.1) is 0 Å². The van der Waals surface area contributed by atoms with Gasteiger partial charge < -0.3 is 11.1 Å². The van der Waals surface area contributed by atoms with Crippen LogP contribution in [0.2, 0.25) is 0 Å². The third-order valence-electron chi connectivity index (χ3n) is 3.75. The molecule has 0 aliphatic carbocycles. The number of rotatable bonds is 11. The molecule has 1 aromatic carbocycles. The Kier molecular flexibility index (Phi) is 9.55. The molecule has 0 saturated carbocycles. The summed E-state index contributed by atoms with van der Waals surface area (Å²) in [6, 6.07) is 9.77. The fraction of sp³-hybridized carbons (Fsp3) is 0.611. The highest BCUT2D eigenvalue weighted by Gasteiger charge is 2.12. The monoisotopic (exact) mass is 290 g/mol. The molecule has 0 heterocycles. The lowest BCUT2D eigenvalue weighted by atomic mass is 10.1. The zero-order valence-electron chi connectivity index (χ0n) is 13.3. The van der Waals surface area contributed by atoms with Gasteiger partial charge in [0.15, 0.2) is 0 Å². The molecular formula is C18H30N2O. The van der Waals surface area contributed by atoms with Crippen molar-refractivity contribution in [2.75, 3.05) is 6.54 Å². The molecule has 0 unspecified atom stereocenters. The van der Waals surface area contributed by atoms with Gasteiger partial charge in [0.2, 0.25) is 5.91 Å². The maximum atomic E-state index is 11.9. The first-order valence-electron chi connectivity index (χ1n) is 8.31. The van der Waals surface area contributed by atoms with E-state index in [4.69, 9.17) is 5.73 Å². The molecule has 1 atom stereocenters. The summed E-state index contributed by atoms with van der Waals surface area (Å²) >= 11 is 0. The topological polar surface area (TPSA) is 55.1 Å². The van der Waals surface area contributed by atoms with Crippen LogP contribution in [-0.4, -0.2) is 18.5 Å². The van der Waals surface area contributed by atoms with Crippen LogP contribution >= 0.6 is 0 Å². The number of amides is 1. The van der Waals surface area contributed by atoms with E-state index in [0.717, 1.165) is 19.4 Å². The number of carbonyl (C=O) groups excluding carboxylic acids is 1. The van der Waals surface area contributed by atoms with Gasteiger partial charge in [-0.25, -0.2) is 0 Å². The van der Waals surface area contributed by atoms with Gasteiger partial charge in [-0.3, -0.25) is 4.79 Å². The van der Waals surface area contributed by atoms with Crippen LogP contribution in [0.15, 0.2) is 30.3 Å². The highest BCUT2D eigenvalue weighted by molar-refractivity contribution is 5.81. The molecule has 1 rings (SSSR count). The van der Waals surface area contributed by atoms with Crippen molar-refractivity contribution in [3.63, 3.8) is 0 Å². The first kappa shape index (κ1) is 17.7. The second-order valence-corrected chi connectivity index (χ2v) is 5.69. The number of hydrogen-bond donors (Lipinski definition) is 2. The summed E-state index contributed by atoms with van der Waals surface area (Å²) in [5.41, 5.74) is 7.17. The number of aryl methyl sites for hydroxylation is 1. The summed E-state index contributed by atoms with van der Waals surface area (Å²) in [6.07, 6.45) is 8.97. The minimum Gasteiger partial charge on any atom is -0.355 e. The quantitative estimate of drug-likeness (QED) is 0.614. The Morgan fingerprint density at radius 2 is 1.76 bits per heavy atom. The lowest BCUT2D eigenvalue weighted by Crippen LogP contribution is -2.41. The molecule has 1 aromatic rings. The van der Waals surface area contributed by atoms with Crippen LogP contribution in [0.5, 0.6) is 0 Å². The van der Waals surface area contributed by atoms with Gasteiger partial charge in [-0.1, -0.05) is 69.4 Å². The summed E-state index contributed by atoms with van der Waals surface area (Å²) in [6.45, 7) is 2.97. The smallest absolute Gasteiger partial charge is 0.236 e. The average Bonchev–Trinajstić information content (AvgIpc) is 2.52. The van der Waals surface area contributed by atoms with Crippen LogP contribution in [0.4, 0.5) is 0 Å². The highest BCUT2D eigenvalue weighted by Crippen LogP contribution is 2.05. The largest absolute Gasteiger partial charge is 0.355 e. The SMILES string of the molecule is CCCCCCCCNC(=O)[C@@H](N)CCc1ccccc1. The molecule has 118 valence electrons. The molecule has 3 heteroatoms. The number of unbranched alkanes of at least 4 members (excludes halogenated alkanes) is 5. The van der Waals surface area contributed by atoms with Gasteiger partial charge in [0.05, 0.1) is 6.04 Å². The summed E-state index contributed by atoms with van der Waals surface area (Å²) < 4.78 is 0. The predicted molar refractivity (Wildman–Crippen MR) is 89.1 cm³/mol. The van der Waals surface area contributed by atoms with E-state index in [1.54, 1.807) is 0 Å². The van der Waals surface area contributed by atoms with Crippen molar-refractivity contribution in [2.24, 2.45) is 5.73 Å². The first-order chi connectivity index (χ1) is 10.2. The van der Waals surface area contributed by atoms with E-state index in [0.29, 0.717) is 6.42 Å². The van der Waals surface area contributed by atoms with Gasteiger partial charge in [0, 0.05) is 6.54 Å². The molecule has 21 heavy (non-hydrogen) atoms. The number of hydrogen-bond acceptors (Lipinski definition) is 2. The minimum absolute atomic E-state index is 0.0144. The van der Waals surface area contributed by atoms with E-state index >= 15 is 0 Å². The average molecular weight is 290 g/mol. The first-order valence-corrected chi connectivity index (χ1v) is 8.31. The van der Waals surface area contributed by atoms with Crippen LogP contribution in [0.1, 0.15) is 57.4 Å². The molecule has 1 amide bonds. The van der Waals surface area contributed by atoms with Crippen LogP contribution in [0, 0.1) is 0 Å². The second kappa shape index (κ2) is 11.3. The Bertz CT molecular complexity index is 378. The standard InChI is InChI=1S/C18H30N2O/c1-2-3-4-5-6-10-15-20-18(21)17(19)14-13-16-11-8-7-9-12-16/h7-9,11-12,17H,2-6,10,13-15,19H2,1H3,(H,20,21)/t17-/m0/s1. The summed E-state index contributed by atoms with van der Waals surface area (Å²) in [5, 5.41) is 2.95.